The van der Waals surface area contributed by atoms with E-state index in [9.17, 15) is 5.11 Å². The lowest BCUT2D eigenvalue weighted by Crippen LogP contribution is -2.14. The number of thiazole rings is 1. The van der Waals surface area contributed by atoms with Crippen molar-refractivity contribution in [3.05, 3.63) is 30.0 Å². The maximum absolute atomic E-state index is 9.86. The summed E-state index contributed by atoms with van der Waals surface area (Å²) in [5.74, 6) is 2.63. The highest BCUT2D eigenvalue weighted by Gasteiger charge is 2.21. The van der Waals surface area contributed by atoms with Crippen molar-refractivity contribution in [3.63, 3.8) is 0 Å². The van der Waals surface area contributed by atoms with Gasteiger partial charge in [0.25, 0.3) is 0 Å². The Bertz CT molecular complexity index is 856. The van der Waals surface area contributed by atoms with Gasteiger partial charge in [0.2, 0.25) is 0 Å². The van der Waals surface area contributed by atoms with Crippen LogP contribution in [0.25, 0.3) is 21.5 Å². The lowest BCUT2D eigenvalue weighted by atomic mass is 10.1. The Labute approximate surface area is 157 Å². The molecular formula is C18H24N6OS. The molecule has 26 heavy (non-hydrogen) atoms. The molecular weight excluding hydrogens is 348 g/mol. The van der Waals surface area contributed by atoms with E-state index in [-0.39, 0.29) is 0 Å². The van der Waals surface area contributed by atoms with E-state index < -0.39 is 6.10 Å². The summed E-state index contributed by atoms with van der Waals surface area (Å²) in [5.41, 5.74) is 0.952. The molecule has 0 amide bonds. The molecule has 8 heteroatoms. The number of aromatic nitrogens is 6. The van der Waals surface area contributed by atoms with Crippen molar-refractivity contribution in [2.45, 2.75) is 53.2 Å². The molecule has 3 aromatic rings. The van der Waals surface area contributed by atoms with Crippen LogP contribution in [0.4, 0.5) is 0 Å². The van der Waals surface area contributed by atoms with Crippen LogP contribution in [0.5, 0.6) is 0 Å². The van der Waals surface area contributed by atoms with E-state index >= 15 is 0 Å². The molecule has 0 aliphatic carbocycles. The van der Waals surface area contributed by atoms with Crippen LogP contribution in [-0.2, 0) is 19.4 Å². The van der Waals surface area contributed by atoms with Gasteiger partial charge >= 0.3 is 0 Å². The van der Waals surface area contributed by atoms with Gasteiger partial charge in [-0.3, -0.25) is 0 Å². The van der Waals surface area contributed by atoms with Crippen LogP contribution < -0.4 is 0 Å². The molecule has 1 atom stereocenters. The molecule has 3 aromatic heterocycles. The van der Waals surface area contributed by atoms with Crippen molar-refractivity contribution in [1.29, 1.82) is 0 Å². The molecule has 138 valence electrons. The van der Waals surface area contributed by atoms with Gasteiger partial charge in [0.15, 0.2) is 22.5 Å². The normalized spacial score (nSPS) is 12.7. The summed E-state index contributed by atoms with van der Waals surface area (Å²) < 4.78 is 1.80. The predicted octanol–water partition coefficient (Wildman–Crippen LogP) is 3.00. The van der Waals surface area contributed by atoms with Gasteiger partial charge in [0.05, 0.1) is 23.2 Å². The molecule has 0 aromatic carbocycles. The van der Waals surface area contributed by atoms with Crippen LogP contribution in [0.2, 0.25) is 0 Å². The second-order valence-corrected chi connectivity index (χ2v) is 7.70. The van der Waals surface area contributed by atoms with Crippen LogP contribution in [0.15, 0.2) is 18.5 Å². The van der Waals surface area contributed by atoms with E-state index in [1.54, 1.807) is 30.1 Å². The molecule has 0 bridgehead atoms. The van der Waals surface area contributed by atoms with E-state index in [1.807, 2.05) is 0 Å². The standard InChI is InChI=1S/C18H24N6OS/c1-5-13-15(26-18(21-13)16-19-7-6-8-20-16)17-22-14(9-11(2)3)23-24(17)10-12(4)25/h6-8,11-12,25H,5,9-10H2,1-4H3. The predicted molar refractivity (Wildman–Crippen MR) is 102 cm³/mol. The molecule has 0 aliphatic rings. The third-order valence-electron chi connectivity index (χ3n) is 3.74. The zero-order valence-corrected chi connectivity index (χ0v) is 16.4. The first-order valence-electron chi connectivity index (χ1n) is 8.87. The Morgan fingerprint density at radius 1 is 1.15 bits per heavy atom. The molecule has 0 spiro atoms. The van der Waals surface area contributed by atoms with Crippen LogP contribution in [-0.4, -0.2) is 40.9 Å². The van der Waals surface area contributed by atoms with Crippen LogP contribution >= 0.6 is 11.3 Å². The van der Waals surface area contributed by atoms with Crippen molar-refractivity contribution >= 4 is 11.3 Å². The second-order valence-electron chi connectivity index (χ2n) is 6.70. The number of hydrogen-bond acceptors (Lipinski definition) is 7. The van der Waals surface area contributed by atoms with E-state index in [1.165, 1.54) is 11.3 Å². The van der Waals surface area contributed by atoms with Crippen LogP contribution in [0.1, 0.15) is 39.2 Å². The minimum atomic E-state index is -0.503. The first-order valence-corrected chi connectivity index (χ1v) is 9.68. The summed E-state index contributed by atoms with van der Waals surface area (Å²) in [4.78, 5) is 19.0. The summed E-state index contributed by atoms with van der Waals surface area (Å²) in [7, 11) is 0. The highest BCUT2D eigenvalue weighted by molar-refractivity contribution is 7.18. The fraction of sp³-hybridized carbons (Fsp3) is 0.500. The van der Waals surface area contributed by atoms with Gasteiger partial charge in [-0.2, -0.15) is 5.10 Å². The number of rotatable bonds is 7. The van der Waals surface area contributed by atoms with Gasteiger partial charge in [-0.25, -0.2) is 24.6 Å². The second kappa shape index (κ2) is 8.01. The maximum atomic E-state index is 9.86. The van der Waals surface area contributed by atoms with Gasteiger partial charge in [0, 0.05) is 18.8 Å². The van der Waals surface area contributed by atoms with Crippen molar-refractivity contribution < 1.29 is 5.11 Å². The van der Waals surface area contributed by atoms with E-state index in [0.29, 0.717) is 18.3 Å². The minimum Gasteiger partial charge on any atom is -0.391 e. The third-order valence-corrected chi connectivity index (χ3v) is 4.83. The van der Waals surface area contributed by atoms with E-state index in [2.05, 4.69) is 35.8 Å². The molecule has 1 N–H and O–H groups in total. The first-order chi connectivity index (χ1) is 12.5. The lowest BCUT2D eigenvalue weighted by Gasteiger charge is -2.07. The molecule has 3 rings (SSSR count). The van der Waals surface area contributed by atoms with Crippen LogP contribution in [0.3, 0.4) is 0 Å². The molecule has 1 unspecified atom stereocenters. The molecule has 0 saturated carbocycles. The summed E-state index contributed by atoms with van der Waals surface area (Å²) in [6, 6.07) is 1.79. The smallest absolute Gasteiger partial charge is 0.188 e. The largest absolute Gasteiger partial charge is 0.391 e. The first kappa shape index (κ1) is 18.6. The fourth-order valence-electron chi connectivity index (χ4n) is 2.66. The van der Waals surface area contributed by atoms with Crippen molar-refractivity contribution in [2.24, 2.45) is 5.92 Å². The number of aliphatic hydroxyl groups excluding tert-OH is 1. The average Bonchev–Trinajstić information content (AvgIpc) is 3.18. The lowest BCUT2D eigenvalue weighted by molar-refractivity contribution is 0.169. The minimum absolute atomic E-state index is 0.401. The molecule has 0 saturated heterocycles. The Kier molecular flexibility index (Phi) is 5.73. The number of aliphatic hydroxyl groups is 1. The summed E-state index contributed by atoms with van der Waals surface area (Å²) >= 11 is 1.52. The number of aryl methyl sites for hydroxylation is 1. The summed E-state index contributed by atoms with van der Waals surface area (Å²) in [6.45, 7) is 8.51. The molecule has 0 radical (unpaired) electrons. The van der Waals surface area contributed by atoms with E-state index in [0.717, 1.165) is 40.1 Å². The molecule has 0 aliphatic heterocycles. The van der Waals surface area contributed by atoms with Gasteiger partial charge in [-0.05, 0) is 25.3 Å². The topological polar surface area (TPSA) is 89.6 Å². The highest BCUT2D eigenvalue weighted by Crippen LogP contribution is 2.34. The fourth-order valence-corrected chi connectivity index (χ4v) is 3.75. The zero-order valence-electron chi connectivity index (χ0n) is 15.5. The quantitative estimate of drug-likeness (QED) is 0.686. The summed E-state index contributed by atoms with van der Waals surface area (Å²) in [5, 5.41) is 15.2. The highest BCUT2D eigenvalue weighted by atomic mass is 32.1. The van der Waals surface area contributed by atoms with Gasteiger partial charge < -0.3 is 5.11 Å². The summed E-state index contributed by atoms with van der Waals surface area (Å²) in [6.07, 6.45) is 4.50. The Morgan fingerprint density at radius 2 is 1.88 bits per heavy atom. The van der Waals surface area contributed by atoms with Crippen molar-refractivity contribution in [2.75, 3.05) is 0 Å². The van der Waals surface area contributed by atoms with E-state index in [4.69, 9.17) is 9.97 Å². The zero-order chi connectivity index (χ0) is 18.7. The molecule has 0 fully saturated rings. The average molecular weight is 372 g/mol. The Balaban J connectivity index is 2.07. The monoisotopic (exact) mass is 372 g/mol. The maximum Gasteiger partial charge on any atom is 0.188 e. The molecule has 3 heterocycles. The number of nitrogens with zero attached hydrogens (tertiary/aromatic N) is 6. The Hall–Kier alpha value is -2.19. The van der Waals surface area contributed by atoms with Crippen molar-refractivity contribution in [3.8, 4) is 21.5 Å². The Morgan fingerprint density at radius 3 is 2.50 bits per heavy atom. The van der Waals surface area contributed by atoms with Crippen LogP contribution in [0, 0.1) is 5.92 Å². The SMILES string of the molecule is CCc1nc(-c2ncccn2)sc1-c1nc(CC(C)C)nn1CC(C)O. The van der Waals surface area contributed by atoms with Gasteiger partial charge in [-0.1, -0.05) is 20.8 Å². The molecule has 7 nitrogen and oxygen atoms in total. The van der Waals surface area contributed by atoms with Gasteiger partial charge in [-0.15, -0.1) is 11.3 Å². The van der Waals surface area contributed by atoms with Gasteiger partial charge in [0.1, 0.15) is 0 Å². The van der Waals surface area contributed by atoms with Crippen molar-refractivity contribution in [1.82, 2.24) is 29.7 Å². The third kappa shape index (κ3) is 4.13. The number of hydrogen-bond donors (Lipinski definition) is 1.